The largest absolute Gasteiger partial charge is 0.484 e. The van der Waals surface area contributed by atoms with Crippen molar-refractivity contribution < 1.29 is 14.3 Å². The van der Waals surface area contributed by atoms with Gasteiger partial charge < -0.3 is 15.4 Å². The third-order valence-corrected chi connectivity index (χ3v) is 4.54. The molecule has 0 atom stereocenters. The van der Waals surface area contributed by atoms with Crippen LogP contribution < -0.4 is 15.4 Å². The zero-order valence-electron chi connectivity index (χ0n) is 16.2. The van der Waals surface area contributed by atoms with Gasteiger partial charge in [0.15, 0.2) is 6.61 Å². The first-order chi connectivity index (χ1) is 13.3. The first-order valence-electron chi connectivity index (χ1n) is 9.02. The highest BCUT2D eigenvalue weighted by molar-refractivity contribution is 6.30. The summed E-state index contributed by atoms with van der Waals surface area (Å²) in [5, 5.41) is 6.17. The number of carbonyl (C=O) groups is 2. The summed E-state index contributed by atoms with van der Waals surface area (Å²) < 4.78 is 5.48. The molecule has 0 saturated carbocycles. The number of nitrogens with one attached hydrogen (secondary N) is 2. The molecule has 6 heteroatoms. The lowest BCUT2D eigenvalue weighted by Crippen LogP contribution is -2.31. The zero-order valence-corrected chi connectivity index (χ0v) is 16.9. The van der Waals surface area contributed by atoms with Crippen LogP contribution in [0, 0.1) is 13.8 Å². The van der Waals surface area contributed by atoms with Gasteiger partial charge in [-0.3, -0.25) is 9.59 Å². The van der Waals surface area contributed by atoms with E-state index in [1.807, 2.05) is 44.2 Å². The van der Waals surface area contributed by atoms with Crippen molar-refractivity contribution in [3.63, 3.8) is 0 Å². The Hall–Kier alpha value is -2.79. The summed E-state index contributed by atoms with van der Waals surface area (Å²) in [6, 6.07) is 12.9. The predicted molar refractivity (Wildman–Crippen MR) is 111 cm³/mol. The van der Waals surface area contributed by atoms with Gasteiger partial charge in [-0.25, -0.2) is 0 Å². The SMILES string of the molecule is C=C(CCNC(=O)COc1ccc(C)c(C)c1)C(=O)NCc1ccc(Cl)cc1. The fourth-order valence-electron chi connectivity index (χ4n) is 2.38. The molecule has 2 rings (SSSR count). The lowest BCUT2D eigenvalue weighted by molar-refractivity contribution is -0.123. The van der Waals surface area contributed by atoms with Gasteiger partial charge in [-0.05, 0) is 61.2 Å². The number of hydrogen-bond donors (Lipinski definition) is 2. The van der Waals surface area contributed by atoms with Gasteiger partial charge in [0.1, 0.15) is 5.75 Å². The second-order valence-electron chi connectivity index (χ2n) is 6.55. The maximum absolute atomic E-state index is 12.1. The van der Waals surface area contributed by atoms with E-state index in [0.717, 1.165) is 11.1 Å². The molecule has 0 fully saturated rings. The molecular formula is C22H25ClN2O3. The molecule has 0 heterocycles. The molecule has 2 amide bonds. The number of hydrogen-bond acceptors (Lipinski definition) is 3. The maximum Gasteiger partial charge on any atom is 0.257 e. The van der Waals surface area contributed by atoms with Gasteiger partial charge in [-0.1, -0.05) is 36.4 Å². The van der Waals surface area contributed by atoms with Crippen molar-refractivity contribution in [2.24, 2.45) is 0 Å². The van der Waals surface area contributed by atoms with Crippen LogP contribution in [0.5, 0.6) is 5.75 Å². The van der Waals surface area contributed by atoms with Crippen molar-refractivity contribution in [1.29, 1.82) is 0 Å². The summed E-state index contributed by atoms with van der Waals surface area (Å²) >= 11 is 5.83. The average molecular weight is 401 g/mol. The molecule has 0 aliphatic rings. The van der Waals surface area contributed by atoms with Crippen LogP contribution in [0.4, 0.5) is 0 Å². The monoisotopic (exact) mass is 400 g/mol. The molecule has 0 aliphatic heterocycles. The Morgan fingerprint density at radius 3 is 2.43 bits per heavy atom. The van der Waals surface area contributed by atoms with Crippen LogP contribution in [0.2, 0.25) is 5.02 Å². The summed E-state index contributed by atoms with van der Waals surface area (Å²) in [5.41, 5.74) is 3.63. The summed E-state index contributed by atoms with van der Waals surface area (Å²) in [7, 11) is 0. The predicted octanol–water partition coefficient (Wildman–Crippen LogP) is 3.71. The molecule has 0 unspecified atom stereocenters. The molecule has 5 nitrogen and oxygen atoms in total. The van der Waals surface area contributed by atoms with Gasteiger partial charge in [0, 0.05) is 23.7 Å². The summed E-state index contributed by atoms with van der Waals surface area (Å²) in [6.45, 7) is 8.43. The van der Waals surface area contributed by atoms with E-state index < -0.39 is 0 Å². The Kier molecular flexibility index (Phi) is 8.08. The van der Waals surface area contributed by atoms with E-state index in [4.69, 9.17) is 16.3 Å². The molecule has 0 bridgehead atoms. The van der Waals surface area contributed by atoms with Gasteiger partial charge >= 0.3 is 0 Å². The molecule has 0 spiro atoms. The van der Waals surface area contributed by atoms with E-state index in [0.29, 0.717) is 35.9 Å². The highest BCUT2D eigenvalue weighted by Gasteiger charge is 2.08. The van der Waals surface area contributed by atoms with Gasteiger partial charge in [0.2, 0.25) is 5.91 Å². The lowest BCUT2D eigenvalue weighted by Gasteiger charge is -2.10. The van der Waals surface area contributed by atoms with E-state index in [1.54, 1.807) is 12.1 Å². The Morgan fingerprint density at radius 1 is 1.04 bits per heavy atom. The van der Waals surface area contributed by atoms with Crippen molar-refractivity contribution in [3.8, 4) is 5.75 Å². The number of benzene rings is 2. The van der Waals surface area contributed by atoms with Gasteiger partial charge in [0.25, 0.3) is 5.91 Å². The standard InChI is InChI=1S/C22H25ClN2O3/c1-15-4-9-20(12-17(15)3)28-14-21(26)24-11-10-16(2)22(27)25-13-18-5-7-19(23)8-6-18/h4-9,12H,2,10-11,13-14H2,1,3H3,(H,24,26)(H,25,27). The average Bonchev–Trinajstić information content (AvgIpc) is 2.68. The van der Waals surface area contributed by atoms with Crippen LogP contribution in [0.1, 0.15) is 23.1 Å². The van der Waals surface area contributed by atoms with E-state index in [1.165, 1.54) is 5.56 Å². The second-order valence-corrected chi connectivity index (χ2v) is 6.98. The molecule has 0 aliphatic carbocycles. The molecule has 0 aromatic heterocycles. The minimum absolute atomic E-state index is 0.0717. The molecule has 2 aromatic rings. The number of rotatable bonds is 9. The van der Waals surface area contributed by atoms with Gasteiger partial charge in [0.05, 0.1) is 0 Å². The van der Waals surface area contributed by atoms with Crippen molar-refractivity contribution in [3.05, 3.63) is 76.3 Å². The fourth-order valence-corrected chi connectivity index (χ4v) is 2.51. The van der Waals surface area contributed by atoms with Gasteiger partial charge in [-0.15, -0.1) is 0 Å². The van der Waals surface area contributed by atoms with Crippen molar-refractivity contribution >= 4 is 23.4 Å². The summed E-state index contributed by atoms with van der Waals surface area (Å²) in [5.74, 6) is 0.174. The highest BCUT2D eigenvalue weighted by Crippen LogP contribution is 2.16. The Balaban J connectivity index is 1.64. The molecule has 0 saturated heterocycles. The quantitative estimate of drug-likeness (QED) is 0.630. The molecule has 148 valence electrons. The topological polar surface area (TPSA) is 67.4 Å². The van der Waals surface area contributed by atoms with Crippen LogP contribution in [-0.4, -0.2) is 25.0 Å². The number of ether oxygens (including phenoxy) is 1. The third-order valence-electron chi connectivity index (χ3n) is 4.28. The Morgan fingerprint density at radius 2 is 1.75 bits per heavy atom. The number of amides is 2. The number of halogens is 1. The van der Waals surface area contributed by atoms with Crippen LogP contribution >= 0.6 is 11.6 Å². The van der Waals surface area contributed by atoms with Crippen molar-refractivity contribution in [2.75, 3.05) is 13.2 Å². The highest BCUT2D eigenvalue weighted by atomic mass is 35.5. The van der Waals surface area contributed by atoms with E-state index in [-0.39, 0.29) is 18.4 Å². The molecule has 28 heavy (non-hydrogen) atoms. The normalized spacial score (nSPS) is 10.2. The fraction of sp³-hybridized carbons (Fsp3) is 0.273. The second kappa shape index (κ2) is 10.5. The van der Waals surface area contributed by atoms with Crippen LogP contribution in [-0.2, 0) is 16.1 Å². The van der Waals surface area contributed by atoms with E-state index in [2.05, 4.69) is 17.2 Å². The maximum atomic E-state index is 12.1. The summed E-state index contributed by atoms with van der Waals surface area (Å²) in [4.78, 5) is 23.9. The number of carbonyl (C=O) groups excluding carboxylic acids is 2. The minimum atomic E-state index is -0.243. The molecule has 0 radical (unpaired) electrons. The minimum Gasteiger partial charge on any atom is -0.484 e. The van der Waals surface area contributed by atoms with Crippen molar-refractivity contribution in [1.82, 2.24) is 10.6 Å². The van der Waals surface area contributed by atoms with Crippen LogP contribution in [0.25, 0.3) is 0 Å². The van der Waals surface area contributed by atoms with Gasteiger partial charge in [-0.2, -0.15) is 0 Å². The number of aryl methyl sites for hydroxylation is 2. The van der Waals surface area contributed by atoms with Crippen LogP contribution in [0.3, 0.4) is 0 Å². The Bertz CT molecular complexity index is 847. The molecular weight excluding hydrogens is 376 g/mol. The molecule has 2 N–H and O–H groups in total. The first-order valence-corrected chi connectivity index (χ1v) is 9.40. The first kappa shape index (κ1) is 21.5. The smallest absolute Gasteiger partial charge is 0.257 e. The van der Waals surface area contributed by atoms with E-state index in [9.17, 15) is 9.59 Å². The zero-order chi connectivity index (χ0) is 20.5. The van der Waals surface area contributed by atoms with Crippen LogP contribution in [0.15, 0.2) is 54.6 Å². The summed E-state index contributed by atoms with van der Waals surface area (Å²) in [6.07, 6.45) is 0.363. The van der Waals surface area contributed by atoms with Crippen molar-refractivity contribution in [2.45, 2.75) is 26.8 Å². The third kappa shape index (κ3) is 7.08. The molecule has 2 aromatic carbocycles. The Labute approximate surface area is 170 Å². The lowest BCUT2D eigenvalue weighted by atomic mass is 10.1. The van der Waals surface area contributed by atoms with E-state index >= 15 is 0 Å².